The van der Waals surface area contributed by atoms with Gasteiger partial charge in [-0.05, 0) is 37.9 Å². The third-order valence-electron chi connectivity index (χ3n) is 4.64. The van der Waals surface area contributed by atoms with Gasteiger partial charge in [-0.2, -0.15) is 0 Å². The molecule has 2 aromatic rings. The van der Waals surface area contributed by atoms with Crippen LogP contribution in [-0.2, 0) is 4.74 Å². The highest BCUT2D eigenvalue weighted by atomic mass is 16.5. The Labute approximate surface area is 148 Å². The molecule has 6 nitrogen and oxygen atoms in total. The summed E-state index contributed by atoms with van der Waals surface area (Å²) in [6, 6.07) is 9.63. The van der Waals surface area contributed by atoms with Crippen molar-refractivity contribution in [2.24, 2.45) is 5.92 Å². The Bertz CT molecular complexity index is 734. The topological polar surface area (TPSA) is 66.5 Å². The van der Waals surface area contributed by atoms with Crippen molar-refractivity contribution in [2.75, 3.05) is 45.2 Å². The molecule has 0 aliphatic carbocycles. The number of aromatic nitrogens is 1. The van der Waals surface area contributed by atoms with Crippen LogP contribution in [0.5, 0.6) is 0 Å². The summed E-state index contributed by atoms with van der Waals surface area (Å²) < 4.78 is 5.12. The molecule has 1 aromatic carbocycles. The Balaban J connectivity index is 1.53. The van der Waals surface area contributed by atoms with Crippen LogP contribution >= 0.6 is 0 Å². The highest BCUT2D eigenvalue weighted by Crippen LogP contribution is 2.21. The second-order valence-corrected chi connectivity index (χ2v) is 6.61. The number of pyridine rings is 1. The maximum Gasteiger partial charge on any atom is 0.319 e. The van der Waals surface area contributed by atoms with Crippen molar-refractivity contribution in [1.82, 2.24) is 15.2 Å². The average molecular weight is 342 g/mol. The number of methoxy groups -OCH3 is 1. The van der Waals surface area contributed by atoms with Gasteiger partial charge >= 0.3 is 6.03 Å². The summed E-state index contributed by atoms with van der Waals surface area (Å²) in [5, 5.41) is 6.95. The van der Waals surface area contributed by atoms with Gasteiger partial charge in [0.05, 0.1) is 17.8 Å². The zero-order valence-electron chi connectivity index (χ0n) is 14.9. The molecule has 25 heavy (non-hydrogen) atoms. The lowest BCUT2D eigenvalue weighted by molar-refractivity contribution is 0.159. The molecule has 6 heteroatoms. The number of fused-ring (bicyclic) bond motifs is 1. The van der Waals surface area contributed by atoms with Gasteiger partial charge in [0, 0.05) is 37.8 Å². The molecule has 0 saturated carbocycles. The SMILES string of the molecule is COCCN1CC[C@H](CNC(=O)Nc2cccc3ccc(C)nc23)C1. The van der Waals surface area contributed by atoms with Crippen LogP contribution in [0.1, 0.15) is 12.1 Å². The number of carbonyl (C=O) groups is 1. The summed E-state index contributed by atoms with van der Waals surface area (Å²) in [5.74, 6) is 0.496. The second-order valence-electron chi connectivity index (χ2n) is 6.61. The number of ether oxygens (including phenoxy) is 1. The number of nitrogens with zero attached hydrogens (tertiary/aromatic N) is 2. The molecule has 1 fully saturated rings. The summed E-state index contributed by atoms with van der Waals surface area (Å²) in [7, 11) is 1.73. The highest BCUT2D eigenvalue weighted by Gasteiger charge is 2.22. The lowest BCUT2D eigenvalue weighted by atomic mass is 10.1. The number of carbonyl (C=O) groups excluding carboxylic acids is 1. The molecule has 0 spiro atoms. The smallest absolute Gasteiger partial charge is 0.319 e. The van der Waals surface area contributed by atoms with E-state index >= 15 is 0 Å². The van der Waals surface area contributed by atoms with Gasteiger partial charge in [0.25, 0.3) is 0 Å². The Kier molecular flexibility index (Phi) is 5.83. The maximum atomic E-state index is 12.3. The van der Waals surface area contributed by atoms with E-state index in [1.165, 1.54) is 0 Å². The third-order valence-corrected chi connectivity index (χ3v) is 4.64. The summed E-state index contributed by atoms with van der Waals surface area (Å²) in [4.78, 5) is 19.2. The quantitative estimate of drug-likeness (QED) is 0.847. The van der Waals surface area contributed by atoms with Gasteiger partial charge in [-0.1, -0.05) is 18.2 Å². The fourth-order valence-electron chi connectivity index (χ4n) is 3.25. The Morgan fingerprint density at radius 3 is 3.08 bits per heavy atom. The molecule has 1 aromatic heterocycles. The van der Waals surface area contributed by atoms with Gasteiger partial charge in [0.15, 0.2) is 0 Å². The number of aryl methyl sites for hydroxylation is 1. The van der Waals surface area contributed by atoms with Crippen LogP contribution in [0.2, 0.25) is 0 Å². The first-order valence-electron chi connectivity index (χ1n) is 8.78. The minimum Gasteiger partial charge on any atom is -0.383 e. The minimum atomic E-state index is -0.175. The molecule has 134 valence electrons. The number of rotatable bonds is 6. The van der Waals surface area contributed by atoms with Crippen molar-refractivity contribution in [2.45, 2.75) is 13.3 Å². The van der Waals surface area contributed by atoms with Crippen LogP contribution in [-0.4, -0.2) is 55.8 Å². The van der Waals surface area contributed by atoms with E-state index < -0.39 is 0 Å². The van der Waals surface area contributed by atoms with Crippen molar-refractivity contribution in [3.8, 4) is 0 Å². The van der Waals surface area contributed by atoms with Gasteiger partial charge in [-0.3, -0.25) is 4.98 Å². The van der Waals surface area contributed by atoms with Crippen molar-refractivity contribution in [3.05, 3.63) is 36.0 Å². The number of amides is 2. The maximum absolute atomic E-state index is 12.3. The Morgan fingerprint density at radius 2 is 2.24 bits per heavy atom. The van der Waals surface area contributed by atoms with Crippen molar-refractivity contribution < 1.29 is 9.53 Å². The zero-order chi connectivity index (χ0) is 17.6. The van der Waals surface area contributed by atoms with Crippen LogP contribution in [0.15, 0.2) is 30.3 Å². The molecule has 0 unspecified atom stereocenters. The van der Waals surface area contributed by atoms with Gasteiger partial charge < -0.3 is 20.3 Å². The monoisotopic (exact) mass is 342 g/mol. The largest absolute Gasteiger partial charge is 0.383 e. The van der Waals surface area contributed by atoms with Crippen LogP contribution in [0.25, 0.3) is 10.9 Å². The first-order valence-corrected chi connectivity index (χ1v) is 8.78. The number of nitrogens with one attached hydrogen (secondary N) is 2. The number of para-hydroxylation sites is 1. The predicted octanol–water partition coefficient (Wildman–Crippen LogP) is 2.63. The fourth-order valence-corrected chi connectivity index (χ4v) is 3.25. The van der Waals surface area contributed by atoms with E-state index in [2.05, 4.69) is 20.5 Å². The summed E-state index contributed by atoms with van der Waals surface area (Å²) in [5.41, 5.74) is 2.50. The minimum absolute atomic E-state index is 0.175. The number of benzene rings is 1. The summed E-state index contributed by atoms with van der Waals surface area (Å²) >= 11 is 0. The molecule has 2 amide bonds. The van der Waals surface area contributed by atoms with Crippen molar-refractivity contribution in [1.29, 1.82) is 0 Å². The second kappa shape index (κ2) is 8.27. The molecule has 1 aliphatic rings. The van der Waals surface area contributed by atoms with Crippen molar-refractivity contribution >= 4 is 22.6 Å². The molecule has 3 rings (SSSR count). The van der Waals surface area contributed by atoms with Gasteiger partial charge in [0.1, 0.15) is 0 Å². The van der Waals surface area contributed by atoms with Crippen LogP contribution in [0, 0.1) is 12.8 Å². The number of urea groups is 1. The van der Waals surface area contributed by atoms with E-state index in [9.17, 15) is 4.79 Å². The molecule has 0 radical (unpaired) electrons. The number of hydrogen-bond acceptors (Lipinski definition) is 4. The van der Waals surface area contributed by atoms with E-state index in [0.717, 1.165) is 54.9 Å². The normalized spacial score (nSPS) is 17.8. The van der Waals surface area contributed by atoms with E-state index in [4.69, 9.17) is 4.74 Å². The molecule has 2 N–H and O–H groups in total. The highest BCUT2D eigenvalue weighted by molar-refractivity contribution is 5.99. The molecular weight excluding hydrogens is 316 g/mol. The summed E-state index contributed by atoms with van der Waals surface area (Å²) in [6.45, 7) is 6.44. The van der Waals surface area contributed by atoms with E-state index in [1.807, 2.05) is 37.3 Å². The first kappa shape index (κ1) is 17.6. The average Bonchev–Trinajstić information content (AvgIpc) is 3.06. The standard InChI is InChI=1S/C19H26N4O2/c1-14-6-7-16-4-3-5-17(18(16)21-14)22-19(24)20-12-15-8-9-23(13-15)10-11-25-2/h3-7,15H,8-13H2,1-2H3,(H2,20,22,24)/t15-/m1/s1. The zero-order valence-corrected chi connectivity index (χ0v) is 14.9. The predicted molar refractivity (Wildman–Crippen MR) is 99.9 cm³/mol. The van der Waals surface area contributed by atoms with Gasteiger partial charge in [-0.25, -0.2) is 4.79 Å². The molecule has 1 saturated heterocycles. The third kappa shape index (κ3) is 4.67. The van der Waals surface area contributed by atoms with Crippen LogP contribution in [0.4, 0.5) is 10.5 Å². The van der Waals surface area contributed by atoms with E-state index in [1.54, 1.807) is 7.11 Å². The Morgan fingerprint density at radius 1 is 1.36 bits per heavy atom. The van der Waals surface area contributed by atoms with Gasteiger partial charge in [-0.15, -0.1) is 0 Å². The fraction of sp³-hybridized carbons (Fsp3) is 0.474. The van der Waals surface area contributed by atoms with Crippen molar-refractivity contribution in [3.63, 3.8) is 0 Å². The Hall–Kier alpha value is -2.18. The van der Waals surface area contributed by atoms with E-state index in [0.29, 0.717) is 12.5 Å². The van der Waals surface area contributed by atoms with Gasteiger partial charge in [0.2, 0.25) is 0 Å². The first-order chi connectivity index (χ1) is 12.2. The number of hydrogen-bond donors (Lipinski definition) is 2. The van der Waals surface area contributed by atoms with Crippen LogP contribution in [0.3, 0.4) is 0 Å². The molecule has 1 atom stereocenters. The number of anilines is 1. The molecule has 2 heterocycles. The summed E-state index contributed by atoms with van der Waals surface area (Å²) in [6.07, 6.45) is 1.11. The molecule has 1 aliphatic heterocycles. The lowest BCUT2D eigenvalue weighted by Gasteiger charge is -2.16. The number of likely N-dealkylation sites (tertiary alicyclic amines) is 1. The van der Waals surface area contributed by atoms with E-state index in [-0.39, 0.29) is 6.03 Å². The van der Waals surface area contributed by atoms with Crippen LogP contribution < -0.4 is 10.6 Å². The molecule has 0 bridgehead atoms. The lowest BCUT2D eigenvalue weighted by Crippen LogP contribution is -2.34. The molecular formula is C19H26N4O2.